The summed E-state index contributed by atoms with van der Waals surface area (Å²) in [5, 5.41) is 11.1. The van der Waals surface area contributed by atoms with Gasteiger partial charge >= 0.3 is 16.1 Å². The Morgan fingerprint density at radius 3 is 2.47 bits per heavy atom. The monoisotopic (exact) mass is 467 g/mol. The second-order valence-corrected chi connectivity index (χ2v) is 10.1. The van der Waals surface area contributed by atoms with E-state index in [-0.39, 0.29) is 22.7 Å². The number of hydrogen-bond acceptors (Lipinski definition) is 5. The van der Waals surface area contributed by atoms with Crippen molar-refractivity contribution in [3.63, 3.8) is 0 Å². The van der Waals surface area contributed by atoms with Gasteiger partial charge in [-0.15, -0.1) is 0 Å². The maximum absolute atomic E-state index is 15.6. The Morgan fingerprint density at radius 2 is 1.94 bits per heavy atom. The molecule has 172 valence electrons. The topological polar surface area (TPSA) is 119 Å². The Hall–Kier alpha value is -3.28. The molecule has 3 aromatic rings. The number of nitrogens with one attached hydrogen (secondary N) is 1. The molecule has 0 aliphatic rings. The zero-order valence-electron chi connectivity index (χ0n) is 17.9. The van der Waals surface area contributed by atoms with Crippen molar-refractivity contribution >= 4 is 16.1 Å². The second-order valence-electron chi connectivity index (χ2n) is 8.35. The van der Waals surface area contributed by atoms with Crippen LogP contribution in [0.2, 0.25) is 0 Å². The molecular weight excluding hydrogens is 444 g/mol. The van der Waals surface area contributed by atoms with E-state index in [1.165, 1.54) is 36.1 Å². The van der Waals surface area contributed by atoms with Crippen LogP contribution in [0.25, 0.3) is 11.3 Å². The Balaban J connectivity index is 2.24. The number of aryl methyl sites for hydroxylation is 1. The molecule has 12 heteroatoms. The molecule has 0 fully saturated rings. The lowest BCUT2D eigenvalue weighted by Crippen LogP contribution is -2.44. The Labute approximate surface area is 183 Å². The molecule has 3 heterocycles. The van der Waals surface area contributed by atoms with E-state index in [4.69, 9.17) is 0 Å². The van der Waals surface area contributed by atoms with Gasteiger partial charge in [0.1, 0.15) is 5.69 Å². The van der Waals surface area contributed by atoms with E-state index >= 15 is 4.39 Å². The smallest absolute Gasteiger partial charge is 0.404 e. The molecule has 32 heavy (non-hydrogen) atoms. The summed E-state index contributed by atoms with van der Waals surface area (Å²) in [6, 6.07) is 1.81. The van der Waals surface area contributed by atoms with Gasteiger partial charge in [0.05, 0.1) is 5.56 Å². The fraction of sp³-hybridized carbons (Fsp3) is 0.350. The molecular formula is C20H23F2N5O4S. The summed E-state index contributed by atoms with van der Waals surface area (Å²) in [6.45, 7) is 5.28. The molecule has 0 bridgehead atoms. The number of imidazole rings is 1. The van der Waals surface area contributed by atoms with Crippen molar-refractivity contribution in [3.05, 3.63) is 54.2 Å². The highest BCUT2D eigenvalue weighted by molar-refractivity contribution is 7.89. The molecule has 0 aliphatic carbocycles. The van der Waals surface area contributed by atoms with Crippen molar-refractivity contribution in [2.45, 2.75) is 38.4 Å². The Morgan fingerprint density at radius 1 is 1.25 bits per heavy atom. The molecule has 1 unspecified atom stereocenters. The van der Waals surface area contributed by atoms with E-state index < -0.39 is 45.0 Å². The van der Waals surface area contributed by atoms with Crippen LogP contribution in [0.4, 0.5) is 13.6 Å². The van der Waals surface area contributed by atoms with Gasteiger partial charge in [-0.3, -0.25) is 0 Å². The molecule has 1 atom stereocenters. The maximum Gasteiger partial charge on any atom is 0.404 e. The first-order valence-electron chi connectivity index (χ1n) is 9.57. The van der Waals surface area contributed by atoms with Gasteiger partial charge in [-0.2, -0.15) is 12.8 Å². The summed E-state index contributed by atoms with van der Waals surface area (Å²) in [4.78, 5) is 18.6. The molecule has 0 aromatic carbocycles. The predicted molar refractivity (Wildman–Crippen MR) is 111 cm³/mol. The lowest BCUT2D eigenvalue weighted by Gasteiger charge is -2.30. The molecule has 0 aliphatic heterocycles. The number of nitrogens with zero attached hydrogens (tertiary/aromatic N) is 4. The van der Waals surface area contributed by atoms with Crippen LogP contribution in [-0.2, 0) is 23.5 Å². The number of halogens is 2. The third-order valence-corrected chi connectivity index (χ3v) is 6.69. The van der Waals surface area contributed by atoms with Gasteiger partial charge in [0.25, 0.3) is 0 Å². The minimum Gasteiger partial charge on any atom is -0.465 e. The molecule has 9 nitrogen and oxygen atoms in total. The number of aromatic nitrogens is 4. The molecule has 3 rings (SSSR count). The third kappa shape index (κ3) is 4.35. The van der Waals surface area contributed by atoms with Gasteiger partial charge in [0.15, 0.2) is 5.82 Å². The fourth-order valence-electron chi connectivity index (χ4n) is 3.27. The highest BCUT2D eigenvalue weighted by Gasteiger charge is 2.33. The van der Waals surface area contributed by atoms with E-state index in [1.54, 1.807) is 20.8 Å². The molecule has 2 N–H and O–H groups in total. The molecule has 0 saturated carbocycles. The summed E-state index contributed by atoms with van der Waals surface area (Å²) in [6.07, 6.45) is 3.39. The van der Waals surface area contributed by atoms with Gasteiger partial charge in [0, 0.05) is 43.4 Å². The van der Waals surface area contributed by atoms with E-state index in [0.717, 1.165) is 12.4 Å². The minimum absolute atomic E-state index is 0.102. The van der Waals surface area contributed by atoms with Gasteiger partial charge in [-0.05, 0) is 24.0 Å². The van der Waals surface area contributed by atoms with Crippen LogP contribution in [0, 0.1) is 17.2 Å². The molecule has 0 radical (unpaired) electrons. The molecule has 0 saturated heterocycles. The standard InChI is InChI=1S/C20H23F2N5O4S/c1-20(2,3)14(25-19(28)29)10-12-11-27(32(30,31)18-24-8-9-26(18)4)16(15(12)21)13-6-5-7-23-17(13)22/h5-9,11,14,25H,10H2,1-4H3,(H,28,29). The zero-order valence-corrected chi connectivity index (χ0v) is 18.7. The van der Waals surface area contributed by atoms with Crippen molar-refractivity contribution in [3.8, 4) is 11.3 Å². The highest BCUT2D eigenvalue weighted by atomic mass is 32.2. The van der Waals surface area contributed by atoms with Crippen LogP contribution in [0.15, 0.2) is 42.1 Å². The van der Waals surface area contributed by atoms with Gasteiger partial charge in [0.2, 0.25) is 11.1 Å². The van der Waals surface area contributed by atoms with Crippen molar-refractivity contribution in [1.82, 2.24) is 23.8 Å². The number of hydrogen-bond donors (Lipinski definition) is 2. The lowest BCUT2D eigenvalue weighted by molar-refractivity contribution is 0.174. The number of rotatable bonds is 6. The molecule has 3 aromatic heterocycles. The van der Waals surface area contributed by atoms with Crippen molar-refractivity contribution in [2.24, 2.45) is 12.5 Å². The van der Waals surface area contributed by atoms with E-state index in [0.29, 0.717) is 3.97 Å². The maximum atomic E-state index is 15.6. The summed E-state index contributed by atoms with van der Waals surface area (Å²) in [5.74, 6) is -2.04. The lowest BCUT2D eigenvalue weighted by atomic mass is 9.83. The van der Waals surface area contributed by atoms with Crippen LogP contribution in [0.5, 0.6) is 0 Å². The first kappa shape index (κ1) is 23.4. The van der Waals surface area contributed by atoms with Crippen LogP contribution < -0.4 is 5.32 Å². The molecule has 0 spiro atoms. The van der Waals surface area contributed by atoms with E-state index in [2.05, 4.69) is 15.3 Å². The molecule has 1 amide bonds. The first-order chi connectivity index (χ1) is 14.8. The summed E-state index contributed by atoms with van der Waals surface area (Å²) in [5.41, 5.74) is -1.62. The average Bonchev–Trinajstić information content (AvgIpc) is 3.25. The van der Waals surface area contributed by atoms with Crippen molar-refractivity contribution in [2.75, 3.05) is 0 Å². The Bertz CT molecular complexity index is 1260. The van der Waals surface area contributed by atoms with Gasteiger partial charge in [-0.25, -0.2) is 23.1 Å². The number of pyridine rings is 1. The third-order valence-electron chi connectivity index (χ3n) is 5.03. The van der Waals surface area contributed by atoms with Crippen LogP contribution in [0.1, 0.15) is 26.3 Å². The van der Waals surface area contributed by atoms with Crippen LogP contribution >= 0.6 is 0 Å². The Kier molecular flexibility index (Phi) is 6.09. The van der Waals surface area contributed by atoms with Crippen LogP contribution in [-0.4, -0.2) is 44.2 Å². The minimum atomic E-state index is -4.42. The summed E-state index contributed by atoms with van der Waals surface area (Å²) < 4.78 is 58.6. The summed E-state index contributed by atoms with van der Waals surface area (Å²) in [7, 11) is -2.96. The number of amides is 1. The largest absolute Gasteiger partial charge is 0.465 e. The van der Waals surface area contributed by atoms with Crippen molar-refractivity contribution in [1.29, 1.82) is 0 Å². The summed E-state index contributed by atoms with van der Waals surface area (Å²) >= 11 is 0. The van der Waals surface area contributed by atoms with Crippen LogP contribution in [0.3, 0.4) is 0 Å². The highest BCUT2D eigenvalue weighted by Crippen LogP contribution is 2.33. The first-order valence-corrected chi connectivity index (χ1v) is 11.0. The van der Waals surface area contributed by atoms with Crippen molar-refractivity contribution < 1.29 is 27.1 Å². The fourth-order valence-corrected chi connectivity index (χ4v) is 4.75. The average molecular weight is 467 g/mol. The zero-order chi connectivity index (χ0) is 23.8. The number of carbonyl (C=O) groups is 1. The van der Waals surface area contributed by atoms with Gasteiger partial charge < -0.3 is 15.0 Å². The van der Waals surface area contributed by atoms with E-state index in [1.807, 2.05) is 0 Å². The normalized spacial score (nSPS) is 13.2. The van der Waals surface area contributed by atoms with E-state index in [9.17, 15) is 22.7 Å². The predicted octanol–water partition coefficient (Wildman–Crippen LogP) is 3.02. The quantitative estimate of drug-likeness (QED) is 0.538. The number of carboxylic acid groups (broad SMARTS) is 1. The SMILES string of the molecule is Cn1ccnc1S(=O)(=O)n1cc(CC(NC(=O)O)C(C)(C)C)c(F)c1-c1cccnc1F. The second kappa shape index (κ2) is 8.34. The van der Waals surface area contributed by atoms with Gasteiger partial charge in [-0.1, -0.05) is 20.8 Å².